The van der Waals surface area contributed by atoms with Gasteiger partial charge in [0.25, 0.3) is 0 Å². The van der Waals surface area contributed by atoms with Gasteiger partial charge in [0.2, 0.25) is 0 Å². The standard InChI is InChI=1S/C21H25N3O2/c25-21(22-19-14-18-8-4-5-9-20(18)26-16-19)24-12-10-23(11-13-24)15-17-6-2-1-3-7-17/h1-9,19H,10-16H2,(H,22,25)/t19-/m1/s1. The summed E-state index contributed by atoms with van der Waals surface area (Å²) in [5.74, 6) is 0.938. The number of hydrogen-bond acceptors (Lipinski definition) is 3. The van der Waals surface area contributed by atoms with E-state index in [1.54, 1.807) is 0 Å². The van der Waals surface area contributed by atoms with Crippen molar-refractivity contribution < 1.29 is 9.53 Å². The van der Waals surface area contributed by atoms with Crippen LogP contribution in [0.25, 0.3) is 0 Å². The van der Waals surface area contributed by atoms with E-state index in [1.165, 1.54) is 5.56 Å². The third-order valence-electron chi connectivity index (χ3n) is 5.12. The number of nitrogens with zero attached hydrogens (tertiary/aromatic N) is 2. The summed E-state index contributed by atoms with van der Waals surface area (Å²) in [5.41, 5.74) is 2.49. The minimum atomic E-state index is 0.0253. The van der Waals surface area contributed by atoms with E-state index in [-0.39, 0.29) is 12.1 Å². The zero-order chi connectivity index (χ0) is 17.8. The first-order valence-corrected chi connectivity index (χ1v) is 9.30. The Hall–Kier alpha value is -2.53. The zero-order valence-electron chi connectivity index (χ0n) is 14.9. The number of rotatable bonds is 3. The average Bonchev–Trinajstić information content (AvgIpc) is 2.69. The number of ether oxygens (including phenoxy) is 1. The molecule has 1 fully saturated rings. The van der Waals surface area contributed by atoms with Gasteiger partial charge in [-0.2, -0.15) is 0 Å². The van der Waals surface area contributed by atoms with Crippen LogP contribution in [0.1, 0.15) is 11.1 Å². The molecule has 2 aliphatic heterocycles. The van der Waals surface area contributed by atoms with E-state index in [2.05, 4.69) is 40.5 Å². The van der Waals surface area contributed by atoms with Crippen molar-refractivity contribution in [3.63, 3.8) is 0 Å². The molecule has 0 saturated carbocycles. The molecule has 0 radical (unpaired) electrons. The van der Waals surface area contributed by atoms with Crippen LogP contribution in [0.4, 0.5) is 4.79 Å². The number of benzene rings is 2. The van der Waals surface area contributed by atoms with Gasteiger partial charge in [-0.05, 0) is 23.6 Å². The fourth-order valence-electron chi connectivity index (χ4n) is 3.64. The molecule has 0 aliphatic carbocycles. The number of piperazine rings is 1. The van der Waals surface area contributed by atoms with Crippen molar-refractivity contribution in [1.82, 2.24) is 15.1 Å². The molecule has 0 bridgehead atoms. The van der Waals surface area contributed by atoms with E-state index >= 15 is 0 Å². The van der Waals surface area contributed by atoms with Crippen LogP contribution in [0.2, 0.25) is 0 Å². The molecule has 1 saturated heterocycles. The second-order valence-electron chi connectivity index (χ2n) is 7.02. The van der Waals surface area contributed by atoms with Crippen molar-refractivity contribution in [2.75, 3.05) is 32.8 Å². The lowest BCUT2D eigenvalue weighted by molar-refractivity contribution is 0.129. The van der Waals surface area contributed by atoms with Crippen molar-refractivity contribution in [2.24, 2.45) is 0 Å². The van der Waals surface area contributed by atoms with Gasteiger partial charge in [0.05, 0.1) is 6.04 Å². The normalized spacial score (nSPS) is 20.2. The van der Waals surface area contributed by atoms with Crippen LogP contribution in [-0.4, -0.2) is 54.7 Å². The summed E-state index contributed by atoms with van der Waals surface area (Å²) in [6, 6.07) is 18.6. The molecular weight excluding hydrogens is 326 g/mol. The van der Waals surface area contributed by atoms with Gasteiger partial charge in [-0.3, -0.25) is 4.90 Å². The molecule has 5 heteroatoms. The molecule has 0 spiro atoms. The number of para-hydroxylation sites is 1. The van der Waals surface area contributed by atoms with Crippen molar-refractivity contribution in [2.45, 2.75) is 19.0 Å². The maximum atomic E-state index is 12.6. The van der Waals surface area contributed by atoms with Crippen molar-refractivity contribution in [3.05, 3.63) is 65.7 Å². The van der Waals surface area contributed by atoms with Gasteiger partial charge in [-0.1, -0.05) is 48.5 Å². The third kappa shape index (κ3) is 3.99. The molecule has 4 rings (SSSR count). The predicted octanol–water partition coefficient (Wildman–Crippen LogP) is 2.52. The lowest BCUT2D eigenvalue weighted by Crippen LogP contribution is -2.54. The number of urea groups is 1. The lowest BCUT2D eigenvalue weighted by Gasteiger charge is -2.36. The molecular formula is C21H25N3O2. The summed E-state index contributed by atoms with van der Waals surface area (Å²) in [6.45, 7) is 4.84. The summed E-state index contributed by atoms with van der Waals surface area (Å²) in [4.78, 5) is 16.9. The van der Waals surface area contributed by atoms with Crippen LogP contribution >= 0.6 is 0 Å². The van der Waals surface area contributed by atoms with E-state index in [4.69, 9.17) is 4.74 Å². The number of carbonyl (C=O) groups is 1. The molecule has 2 amide bonds. The highest BCUT2D eigenvalue weighted by Gasteiger charge is 2.25. The molecule has 136 valence electrons. The molecule has 0 unspecified atom stereocenters. The largest absolute Gasteiger partial charge is 0.491 e. The van der Waals surface area contributed by atoms with Gasteiger partial charge < -0.3 is 15.0 Å². The number of fused-ring (bicyclic) bond motifs is 1. The molecule has 5 nitrogen and oxygen atoms in total. The Morgan fingerprint density at radius 3 is 2.54 bits per heavy atom. The summed E-state index contributed by atoms with van der Waals surface area (Å²) in [5, 5.41) is 3.14. The third-order valence-corrected chi connectivity index (χ3v) is 5.12. The second-order valence-corrected chi connectivity index (χ2v) is 7.02. The van der Waals surface area contributed by atoms with Crippen LogP contribution in [0.5, 0.6) is 5.75 Å². The Balaban J connectivity index is 1.25. The van der Waals surface area contributed by atoms with Gasteiger partial charge in [-0.25, -0.2) is 4.79 Å². The van der Waals surface area contributed by atoms with Crippen LogP contribution in [0, 0.1) is 0 Å². The van der Waals surface area contributed by atoms with Crippen molar-refractivity contribution in [3.8, 4) is 5.75 Å². The van der Waals surface area contributed by atoms with Crippen LogP contribution < -0.4 is 10.1 Å². The zero-order valence-corrected chi connectivity index (χ0v) is 14.9. The second kappa shape index (κ2) is 7.79. The van der Waals surface area contributed by atoms with Gasteiger partial charge in [-0.15, -0.1) is 0 Å². The fourth-order valence-corrected chi connectivity index (χ4v) is 3.64. The predicted molar refractivity (Wildman–Crippen MR) is 101 cm³/mol. The summed E-state index contributed by atoms with van der Waals surface area (Å²) < 4.78 is 5.77. The SMILES string of the molecule is O=C(N[C@H]1COc2ccccc2C1)N1CCN(Cc2ccccc2)CC1. The van der Waals surface area contributed by atoms with E-state index < -0.39 is 0 Å². The number of hydrogen-bond donors (Lipinski definition) is 1. The van der Waals surface area contributed by atoms with Crippen molar-refractivity contribution in [1.29, 1.82) is 0 Å². The monoisotopic (exact) mass is 351 g/mol. The number of carbonyl (C=O) groups excluding carboxylic acids is 1. The molecule has 26 heavy (non-hydrogen) atoms. The van der Waals surface area contributed by atoms with Gasteiger partial charge >= 0.3 is 6.03 Å². The number of nitrogens with one attached hydrogen (secondary N) is 1. The first kappa shape index (κ1) is 16.9. The summed E-state index contributed by atoms with van der Waals surface area (Å²) in [6.07, 6.45) is 0.829. The minimum absolute atomic E-state index is 0.0253. The average molecular weight is 351 g/mol. The highest BCUT2D eigenvalue weighted by Crippen LogP contribution is 2.24. The van der Waals surface area contributed by atoms with E-state index in [9.17, 15) is 4.79 Å². The molecule has 2 heterocycles. The smallest absolute Gasteiger partial charge is 0.317 e. The molecule has 0 aromatic heterocycles. The van der Waals surface area contributed by atoms with E-state index in [0.29, 0.717) is 6.61 Å². The van der Waals surface area contributed by atoms with E-state index in [0.717, 1.165) is 50.5 Å². The molecule has 2 aliphatic rings. The lowest BCUT2D eigenvalue weighted by atomic mass is 10.0. The highest BCUT2D eigenvalue weighted by molar-refractivity contribution is 5.74. The molecule has 1 N–H and O–H groups in total. The first-order valence-electron chi connectivity index (χ1n) is 9.30. The first-order chi connectivity index (χ1) is 12.8. The van der Waals surface area contributed by atoms with Gasteiger partial charge in [0.15, 0.2) is 0 Å². The Morgan fingerprint density at radius 2 is 1.73 bits per heavy atom. The maximum Gasteiger partial charge on any atom is 0.317 e. The summed E-state index contributed by atoms with van der Waals surface area (Å²) >= 11 is 0. The Morgan fingerprint density at radius 1 is 1.00 bits per heavy atom. The quantitative estimate of drug-likeness (QED) is 0.924. The van der Waals surface area contributed by atoms with Crippen molar-refractivity contribution >= 4 is 6.03 Å². The number of amides is 2. The van der Waals surface area contributed by atoms with Crippen LogP contribution in [0.3, 0.4) is 0 Å². The fraction of sp³-hybridized carbons (Fsp3) is 0.381. The Bertz CT molecular complexity index is 742. The van der Waals surface area contributed by atoms with Crippen LogP contribution in [-0.2, 0) is 13.0 Å². The minimum Gasteiger partial charge on any atom is -0.491 e. The van der Waals surface area contributed by atoms with Crippen LogP contribution in [0.15, 0.2) is 54.6 Å². The highest BCUT2D eigenvalue weighted by atomic mass is 16.5. The van der Waals surface area contributed by atoms with E-state index in [1.807, 2.05) is 29.2 Å². The Kier molecular flexibility index (Phi) is 5.07. The van der Waals surface area contributed by atoms with Gasteiger partial charge in [0.1, 0.15) is 12.4 Å². The van der Waals surface area contributed by atoms with Gasteiger partial charge in [0, 0.05) is 32.7 Å². The summed E-state index contributed by atoms with van der Waals surface area (Å²) in [7, 11) is 0. The topological polar surface area (TPSA) is 44.8 Å². The molecule has 2 aromatic carbocycles. The molecule has 2 aromatic rings. The maximum absolute atomic E-state index is 12.6. The molecule has 1 atom stereocenters. The Labute approximate surface area is 154 Å².